The van der Waals surface area contributed by atoms with Crippen LogP contribution in [0.4, 0.5) is 4.39 Å². The van der Waals surface area contributed by atoms with Crippen LogP contribution in [-0.4, -0.2) is 5.11 Å². The zero-order valence-electron chi connectivity index (χ0n) is 8.82. The van der Waals surface area contributed by atoms with Crippen LogP contribution in [0.15, 0.2) is 24.3 Å². The monoisotopic (exact) mass is 236 g/mol. The quantitative estimate of drug-likeness (QED) is 0.857. The average molecular weight is 236 g/mol. The van der Waals surface area contributed by atoms with Crippen LogP contribution in [0.3, 0.4) is 0 Å². The number of hydrogen-bond acceptors (Lipinski definition) is 2. The van der Waals surface area contributed by atoms with Gasteiger partial charge in [-0.25, -0.2) is 4.39 Å². The molecule has 1 aliphatic carbocycles. The first-order chi connectivity index (χ1) is 7.72. The number of benzene rings is 1. The van der Waals surface area contributed by atoms with Crippen LogP contribution in [0, 0.1) is 11.7 Å². The van der Waals surface area contributed by atoms with E-state index < -0.39 is 0 Å². The summed E-state index contributed by atoms with van der Waals surface area (Å²) >= 11 is 1.50. The van der Waals surface area contributed by atoms with Gasteiger partial charge in [-0.05, 0) is 35.9 Å². The summed E-state index contributed by atoms with van der Waals surface area (Å²) in [6, 6.07) is 6.75. The number of thiophene rings is 1. The summed E-state index contributed by atoms with van der Waals surface area (Å²) in [6.07, 6.45) is 2.98. The molecule has 0 saturated heterocycles. The molecule has 3 heteroatoms. The molecule has 1 fully saturated rings. The molecule has 1 atom stereocenters. The van der Waals surface area contributed by atoms with E-state index in [1.165, 1.54) is 36.3 Å². The molecule has 16 heavy (non-hydrogen) atoms. The molecule has 0 aliphatic heterocycles. The SMILES string of the molecule is OC(CC1CC1)c1cc2ccc(F)cc2s1. The van der Waals surface area contributed by atoms with Gasteiger partial charge in [0.15, 0.2) is 0 Å². The molecule has 0 amide bonds. The highest BCUT2D eigenvalue weighted by Gasteiger charge is 2.25. The van der Waals surface area contributed by atoms with Crippen LogP contribution in [0.25, 0.3) is 10.1 Å². The van der Waals surface area contributed by atoms with Gasteiger partial charge in [0.25, 0.3) is 0 Å². The molecule has 84 valence electrons. The molecule has 3 rings (SSSR count). The summed E-state index contributed by atoms with van der Waals surface area (Å²) in [7, 11) is 0. The Morgan fingerprint density at radius 2 is 2.19 bits per heavy atom. The third kappa shape index (κ3) is 1.97. The highest BCUT2D eigenvalue weighted by Crippen LogP contribution is 2.40. The first kappa shape index (κ1) is 10.2. The van der Waals surface area contributed by atoms with Gasteiger partial charge in [0, 0.05) is 9.58 Å². The van der Waals surface area contributed by atoms with E-state index in [2.05, 4.69) is 0 Å². The predicted molar refractivity (Wildman–Crippen MR) is 64.1 cm³/mol. The number of aliphatic hydroxyl groups is 1. The van der Waals surface area contributed by atoms with Gasteiger partial charge < -0.3 is 5.11 Å². The lowest BCUT2D eigenvalue weighted by atomic mass is 10.1. The second-order valence-corrected chi connectivity index (χ2v) is 5.64. The molecule has 0 spiro atoms. The fourth-order valence-corrected chi connectivity index (χ4v) is 3.06. The number of rotatable bonds is 3. The van der Waals surface area contributed by atoms with Crippen molar-refractivity contribution in [2.75, 3.05) is 0 Å². The molecular weight excluding hydrogens is 223 g/mol. The van der Waals surface area contributed by atoms with E-state index in [0.29, 0.717) is 5.92 Å². The lowest BCUT2D eigenvalue weighted by Gasteiger charge is -2.05. The maximum absolute atomic E-state index is 13.0. The van der Waals surface area contributed by atoms with E-state index in [1.807, 2.05) is 6.07 Å². The Labute approximate surface area is 97.5 Å². The van der Waals surface area contributed by atoms with Crippen molar-refractivity contribution in [1.29, 1.82) is 0 Å². The van der Waals surface area contributed by atoms with Gasteiger partial charge in [-0.1, -0.05) is 18.9 Å². The predicted octanol–water partition coefficient (Wildman–Crippen LogP) is 3.87. The lowest BCUT2D eigenvalue weighted by molar-refractivity contribution is 0.164. The molecule has 1 nitrogen and oxygen atoms in total. The van der Waals surface area contributed by atoms with E-state index in [0.717, 1.165) is 21.4 Å². The molecule has 1 N–H and O–H groups in total. The first-order valence-electron chi connectivity index (χ1n) is 5.59. The zero-order valence-corrected chi connectivity index (χ0v) is 9.64. The minimum absolute atomic E-state index is 0.211. The average Bonchev–Trinajstić information content (AvgIpc) is 2.95. The lowest BCUT2D eigenvalue weighted by Crippen LogP contribution is -1.94. The van der Waals surface area contributed by atoms with E-state index >= 15 is 0 Å². The van der Waals surface area contributed by atoms with Crippen LogP contribution >= 0.6 is 11.3 Å². The molecule has 2 aromatic rings. The van der Waals surface area contributed by atoms with Crippen LogP contribution in [0.1, 0.15) is 30.2 Å². The van der Waals surface area contributed by atoms with E-state index in [9.17, 15) is 9.50 Å². The van der Waals surface area contributed by atoms with Crippen molar-refractivity contribution in [3.05, 3.63) is 35.0 Å². The summed E-state index contributed by atoms with van der Waals surface area (Å²) in [6.45, 7) is 0. The van der Waals surface area contributed by atoms with Crippen molar-refractivity contribution in [1.82, 2.24) is 0 Å². The minimum atomic E-state index is -0.368. The minimum Gasteiger partial charge on any atom is -0.388 e. The normalized spacial score (nSPS) is 17.9. The molecule has 1 unspecified atom stereocenters. The van der Waals surface area contributed by atoms with Crippen molar-refractivity contribution in [3.63, 3.8) is 0 Å². The van der Waals surface area contributed by atoms with E-state index in [1.54, 1.807) is 6.07 Å². The van der Waals surface area contributed by atoms with Gasteiger partial charge in [-0.15, -0.1) is 11.3 Å². The molecule has 0 bridgehead atoms. The fourth-order valence-electron chi connectivity index (χ4n) is 1.98. The Morgan fingerprint density at radius 1 is 1.38 bits per heavy atom. The zero-order chi connectivity index (χ0) is 11.1. The van der Waals surface area contributed by atoms with Gasteiger partial charge in [-0.3, -0.25) is 0 Å². The van der Waals surface area contributed by atoms with E-state index in [4.69, 9.17) is 0 Å². The maximum Gasteiger partial charge on any atom is 0.124 e. The highest BCUT2D eigenvalue weighted by molar-refractivity contribution is 7.19. The number of aliphatic hydroxyl groups excluding tert-OH is 1. The van der Waals surface area contributed by atoms with Crippen molar-refractivity contribution >= 4 is 21.4 Å². The van der Waals surface area contributed by atoms with Crippen LogP contribution in [0.5, 0.6) is 0 Å². The van der Waals surface area contributed by atoms with Gasteiger partial charge in [0.05, 0.1) is 6.10 Å². The highest BCUT2D eigenvalue weighted by atomic mass is 32.1. The smallest absolute Gasteiger partial charge is 0.124 e. The second-order valence-electron chi connectivity index (χ2n) is 4.53. The Bertz CT molecular complexity index is 516. The molecular formula is C13H13FOS. The standard InChI is InChI=1S/C13H13FOS/c14-10-4-3-9-6-13(16-12(9)7-10)11(15)5-8-1-2-8/h3-4,6-8,11,15H,1-2,5H2. The van der Waals surface area contributed by atoms with Gasteiger partial charge in [0.2, 0.25) is 0 Å². The van der Waals surface area contributed by atoms with Crippen molar-refractivity contribution < 1.29 is 9.50 Å². The molecule has 1 aromatic carbocycles. The summed E-state index contributed by atoms with van der Waals surface area (Å²) in [5.41, 5.74) is 0. The van der Waals surface area contributed by atoms with Crippen LogP contribution in [0.2, 0.25) is 0 Å². The molecule has 1 saturated carbocycles. The second kappa shape index (κ2) is 3.82. The van der Waals surface area contributed by atoms with Crippen molar-refractivity contribution in [2.24, 2.45) is 5.92 Å². The van der Waals surface area contributed by atoms with Crippen molar-refractivity contribution in [3.8, 4) is 0 Å². The topological polar surface area (TPSA) is 20.2 Å². The van der Waals surface area contributed by atoms with Gasteiger partial charge >= 0.3 is 0 Å². The Morgan fingerprint density at radius 3 is 2.94 bits per heavy atom. The fraction of sp³-hybridized carbons (Fsp3) is 0.385. The molecule has 0 radical (unpaired) electrons. The van der Waals surface area contributed by atoms with Gasteiger partial charge in [-0.2, -0.15) is 0 Å². The van der Waals surface area contributed by atoms with Gasteiger partial charge in [0.1, 0.15) is 5.82 Å². The van der Waals surface area contributed by atoms with E-state index in [-0.39, 0.29) is 11.9 Å². The largest absolute Gasteiger partial charge is 0.388 e. The Kier molecular flexibility index (Phi) is 2.45. The molecule has 1 aromatic heterocycles. The number of fused-ring (bicyclic) bond motifs is 1. The Hall–Kier alpha value is -0.930. The first-order valence-corrected chi connectivity index (χ1v) is 6.41. The summed E-state index contributed by atoms with van der Waals surface area (Å²) in [4.78, 5) is 0.965. The third-order valence-electron chi connectivity index (χ3n) is 3.08. The van der Waals surface area contributed by atoms with Crippen LogP contribution < -0.4 is 0 Å². The molecule has 1 aliphatic rings. The summed E-state index contributed by atoms with van der Waals surface area (Å²) in [5, 5.41) is 11.0. The summed E-state index contributed by atoms with van der Waals surface area (Å²) < 4.78 is 13.9. The van der Waals surface area contributed by atoms with Crippen LogP contribution in [-0.2, 0) is 0 Å². The number of halogens is 1. The Balaban J connectivity index is 1.91. The molecule has 1 heterocycles. The maximum atomic E-state index is 13.0. The van der Waals surface area contributed by atoms with Crippen molar-refractivity contribution in [2.45, 2.75) is 25.4 Å². The summed E-state index contributed by atoms with van der Waals surface area (Å²) in [5.74, 6) is 0.495. The third-order valence-corrected chi connectivity index (χ3v) is 4.28. The number of hydrogen-bond donors (Lipinski definition) is 1.